The van der Waals surface area contributed by atoms with Crippen LogP contribution in [0.1, 0.15) is 22.3 Å². The topological polar surface area (TPSA) is 138 Å². The number of aryl methyl sites for hydroxylation is 1. The Kier molecular flexibility index (Phi) is 8.38. The Morgan fingerprint density at radius 2 is 1.67 bits per heavy atom. The van der Waals surface area contributed by atoms with Crippen molar-refractivity contribution >= 4 is 66.9 Å². The number of hydrogen-bond acceptors (Lipinski definition) is 5. The molecule has 0 aliphatic rings. The smallest absolute Gasteiger partial charge is 0.303 e. The molecule has 42 heavy (non-hydrogen) atoms. The Morgan fingerprint density at radius 3 is 2.26 bits per heavy atom. The summed E-state index contributed by atoms with van der Waals surface area (Å²) in [6.45, 7) is 0. The first kappa shape index (κ1) is 29.0. The largest absolute Gasteiger partial charge is 0.481 e. The summed E-state index contributed by atoms with van der Waals surface area (Å²) in [4.78, 5) is 28.3. The van der Waals surface area contributed by atoms with Crippen molar-refractivity contribution in [3.63, 3.8) is 0 Å². The average Bonchev–Trinajstić information content (AvgIpc) is 3.48. The van der Waals surface area contributed by atoms with Gasteiger partial charge in [-0.1, -0.05) is 40.2 Å². The minimum Gasteiger partial charge on any atom is -0.481 e. The molecule has 1 unspecified atom stereocenters. The first-order valence-electron chi connectivity index (χ1n) is 12.2. The highest BCUT2D eigenvalue weighted by atomic mass is 79.9. The Balaban J connectivity index is 1.48. The van der Waals surface area contributed by atoms with E-state index >= 15 is 8.78 Å². The molecule has 5 aromatic rings. The number of hydrogen-bond donors (Lipinski definition) is 3. The quantitative estimate of drug-likeness (QED) is 0.165. The number of rotatable bonds is 9. The van der Waals surface area contributed by atoms with Gasteiger partial charge in [-0.3, -0.25) is 14.1 Å². The molecule has 0 fully saturated rings. The molecule has 1 amide bonds. The molecular formula is C28H20BrF2N5O5S. The molecule has 0 saturated heterocycles. The van der Waals surface area contributed by atoms with E-state index in [1.807, 2.05) is 6.07 Å². The normalized spacial score (nSPS) is 11.8. The molecule has 0 spiro atoms. The van der Waals surface area contributed by atoms with Crippen LogP contribution in [-0.2, 0) is 22.5 Å². The zero-order chi connectivity index (χ0) is 30.0. The first-order valence-corrected chi connectivity index (χ1v) is 14.1. The summed E-state index contributed by atoms with van der Waals surface area (Å²) in [6.07, 6.45) is 2.61. The molecule has 4 aromatic carbocycles. The number of benzene rings is 4. The summed E-state index contributed by atoms with van der Waals surface area (Å²) in [5.74, 6) is -4.72. The number of nitrogens with one attached hydrogen (secondary N) is 1. The predicted octanol–water partition coefficient (Wildman–Crippen LogP) is 6.01. The van der Waals surface area contributed by atoms with Gasteiger partial charge in [0.1, 0.15) is 29.9 Å². The Morgan fingerprint density at radius 1 is 1.00 bits per heavy atom. The lowest BCUT2D eigenvalue weighted by Gasteiger charge is -2.21. The fourth-order valence-corrected chi connectivity index (χ4v) is 5.66. The van der Waals surface area contributed by atoms with Gasteiger partial charge in [-0.15, -0.1) is 0 Å². The van der Waals surface area contributed by atoms with Crippen molar-refractivity contribution in [3.05, 3.63) is 107 Å². The number of aromatic nitrogens is 3. The molecule has 5 rings (SSSR count). The van der Waals surface area contributed by atoms with Crippen LogP contribution in [0.25, 0.3) is 16.5 Å². The molecule has 0 aliphatic heterocycles. The number of anilines is 3. The molecule has 10 nitrogen and oxygen atoms in total. The summed E-state index contributed by atoms with van der Waals surface area (Å²) in [5.41, 5.74) is 0.162. The fourth-order valence-electron chi connectivity index (χ4n) is 4.49. The maximum absolute atomic E-state index is 15.3. The molecule has 1 aromatic heterocycles. The zero-order valence-electron chi connectivity index (χ0n) is 21.4. The number of carboxylic acids is 1. The van der Waals surface area contributed by atoms with Crippen LogP contribution in [0.2, 0.25) is 0 Å². The van der Waals surface area contributed by atoms with Crippen LogP contribution in [0.5, 0.6) is 0 Å². The standard InChI is InChI=1S/C28H20BrF2N5O5S/c29-22-13-25(21(9-10-26(37)38)19-3-1-2-4-20(19)22)34-28(39)27-23(30)11-18(12-24(27)31)36(42(40)41)17-7-5-16(6-8-17)35-15-32-14-33-35/h1-8,11-15H,9-10H2,(H,34,39)(H,37,38)(H,40,41). The van der Waals surface area contributed by atoms with E-state index in [-0.39, 0.29) is 29.9 Å². The summed E-state index contributed by atoms with van der Waals surface area (Å²) in [6, 6.07) is 16.3. The Bertz CT molecular complexity index is 1810. The Labute approximate surface area is 248 Å². The summed E-state index contributed by atoms with van der Waals surface area (Å²) >= 11 is 0.704. The lowest BCUT2D eigenvalue weighted by molar-refractivity contribution is -0.136. The van der Waals surface area contributed by atoms with Gasteiger partial charge in [0.2, 0.25) is 0 Å². The maximum atomic E-state index is 15.3. The van der Waals surface area contributed by atoms with Crippen molar-refractivity contribution in [1.29, 1.82) is 0 Å². The van der Waals surface area contributed by atoms with Crippen molar-refractivity contribution in [1.82, 2.24) is 14.8 Å². The minimum atomic E-state index is -2.73. The van der Waals surface area contributed by atoms with E-state index in [4.69, 9.17) is 0 Å². The maximum Gasteiger partial charge on any atom is 0.303 e. The van der Waals surface area contributed by atoms with Crippen molar-refractivity contribution in [3.8, 4) is 5.69 Å². The molecule has 0 bridgehead atoms. The molecule has 1 heterocycles. The molecule has 14 heteroatoms. The van der Waals surface area contributed by atoms with E-state index in [9.17, 15) is 23.5 Å². The van der Waals surface area contributed by atoms with Crippen molar-refractivity contribution < 1.29 is 32.2 Å². The monoisotopic (exact) mass is 655 g/mol. The van der Waals surface area contributed by atoms with Gasteiger partial charge in [0, 0.05) is 16.6 Å². The molecule has 3 N–H and O–H groups in total. The van der Waals surface area contributed by atoms with E-state index in [2.05, 4.69) is 31.3 Å². The van der Waals surface area contributed by atoms with E-state index < -0.39 is 40.3 Å². The number of carboxylic acid groups (broad SMARTS) is 1. The minimum absolute atomic E-state index is 0.0512. The number of carbonyl (C=O) groups excluding carboxylic acids is 1. The van der Waals surface area contributed by atoms with Crippen LogP contribution in [0.4, 0.5) is 25.8 Å². The second-order valence-corrected chi connectivity index (χ2v) is 10.6. The lowest BCUT2D eigenvalue weighted by Crippen LogP contribution is -2.22. The van der Waals surface area contributed by atoms with Gasteiger partial charge in [-0.25, -0.2) is 27.0 Å². The predicted molar refractivity (Wildman–Crippen MR) is 156 cm³/mol. The van der Waals surface area contributed by atoms with Gasteiger partial charge in [-0.2, -0.15) is 5.10 Å². The average molecular weight is 656 g/mol. The number of aliphatic carboxylic acids is 1. The van der Waals surface area contributed by atoms with Crippen LogP contribution < -0.4 is 9.62 Å². The highest BCUT2D eigenvalue weighted by molar-refractivity contribution is 9.10. The highest BCUT2D eigenvalue weighted by Crippen LogP contribution is 2.35. The number of nitrogens with zero attached hydrogens (tertiary/aromatic N) is 4. The SMILES string of the molecule is O=C(O)CCc1c(NC(=O)c2c(F)cc(N(c3ccc(-n4cncn4)cc3)S(=O)O)cc2F)cc(Br)c2ccccc12. The molecule has 0 aliphatic carbocycles. The lowest BCUT2D eigenvalue weighted by atomic mass is 9.98. The van der Waals surface area contributed by atoms with Crippen LogP contribution in [0.3, 0.4) is 0 Å². The fraction of sp³-hybridized carbons (Fsp3) is 0.0714. The third-order valence-corrected chi connectivity index (χ3v) is 7.74. The van der Waals surface area contributed by atoms with Crippen molar-refractivity contribution in [2.24, 2.45) is 0 Å². The molecule has 0 saturated carbocycles. The van der Waals surface area contributed by atoms with Crippen molar-refractivity contribution in [2.45, 2.75) is 12.8 Å². The van der Waals surface area contributed by atoms with Gasteiger partial charge in [0.05, 0.1) is 17.1 Å². The third-order valence-electron chi connectivity index (χ3n) is 6.35. The van der Waals surface area contributed by atoms with E-state index in [0.29, 0.717) is 21.1 Å². The van der Waals surface area contributed by atoms with E-state index in [1.165, 1.54) is 29.5 Å². The van der Waals surface area contributed by atoms with Gasteiger partial charge < -0.3 is 10.4 Å². The Hall–Kier alpha value is -4.53. The van der Waals surface area contributed by atoms with Crippen LogP contribution in [-0.4, -0.2) is 40.5 Å². The second kappa shape index (κ2) is 12.1. The van der Waals surface area contributed by atoms with Crippen molar-refractivity contribution in [2.75, 3.05) is 9.62 Å². The van der Waals surface area contributed by atoms with Crippen LogP contribution in [0, 0.1) is 11.6 Å². The van der Waals surface area contributed by atoms with Gasteiger partial charge >= 0.3 is 5.97 Å². The summed E-state index contributed by atoms with van der Waals surface area (Å²) in [5, 5.41) is 17.2. The molecular weight excluding hydrogens is 636 g/mol. The second-order valence-electron chi connectivity index (χ2n) is 8.94. The zero-order valence-corrected chi connectivity index (χ0v) is 23.8. The van der Waals surface area contributed by atoms with Gasteiger partial charge in [0.25, 0.3) is 17.2 Å². The molecule has 1 atom stereocenters. The molecule has 214 valence electrons. The number of halogens is 3. The summed E-state index contributed by atoms with van der Waals surface area (Å²) < 4.78 is 55.7. The highest BCUT2D eigenvalue weighted by Gasteiger charge is 2.25. The third kappa shape index (κ3) is 5.91. The first-order chi connectivity index (χ1) is 20.1. The van der Waals surface area contributed by atoms with Gasteiger partial charge in [-0.05, 0) is 65.2 Å². The van der Waals surface area contributed by atoms with Crippen LogP contribution in [0.15, 0.2) is 83.9 Å². The van der Waals surface area contributed by atoms with Crippen LogP contribution >= 0.6 is 15.9 Å². The molecule has 0 radical (unpaired) electrons. The number of amides is 1. The van der Waals surface area contributed by atoms with E-state index in [1.54, 1.807) is 36.4 Å². The van der Waals surface area contributed by atoms with Gasteiger partial charge in [0.15, 0.2) is 0 Å². The summed E-state index contributed by atoms with van der Waals surface area (Å²) in [7, 11) is 0. The number of carbonyl (C=O) groups is 2. The van der Waals surface area contributed by atoms with E-state index in [0.717, 1.165) is 21.8 Å². The number of fused-ring (bicyclic) bond motifs is 1.